The van der Waals surface area contributed by atoms with E-state index in [1.807, 2.05) is 60.7 Å². The van der Waals surface area contributed by atoms with Gasteiger partial charge in [-0.15, -0.1) is 0 Å². The van der Waals surface area contributed by atoms with Gasteiger partial charge in [0.2, 0.25) is 5.91 Å². The first-order valence-corrected chi connectivity index (χ1v) is 14.8. The monoisotopic (exact) mass is 604 g/mol. The van der Waals surface area contributed by atoms with Crippen LogP contribution in [0.4, 0.5) is 11.6 Å². The molecule has 5 heterocycles. The quantitative estimate of drug-likeness (QED) is 0.205. The number of carboxylic acids is 1. The number of likely N-dealkylation sites (tertiary alicyclic amines) is 1. The van der Waals surface area contributed by atoms with Crippen LogP contribution in [0.2, 0.25) is 0 Å². The van der Waals surface area contributed by atoms with E-state index in [1.54, 1.807) is 19.4 Å². The summed E-state index contributed by atoms with van der Waals surface area (Å²) in [6.07, 6.45) is 9.26. The molecule has 45 heavy (non-hydrogen) atoms. The molecular formula is C33H32N8O4. The molecule has 5 aromatic rings. The van der Waals surface area contributed by atoms with Crippen molar-refractivity contribution >= 4 is 34.3 Å². The highest BCUT2D eigenvalue weighted by molar-refractivity contribution is 6.05. The number of carbonyl (C=O) groups is 2. The van der Waals surface area contributed by atoms with E-state index < -0.39 is 5.97 Å². The van der Waals surface area contributed by atoms with E-state index in [0.29, 0.717) is 23.9 Å². The van der Waals surface area contributed by atoms with E-state index >= 15 is 0 Å². The zero-order chi connectivity index (χ0) is 31.1. The predicted molar refractivity (Wildman–Crippen MR) is 169 cm³/mol. The third-order valence-corrected chi connectivity index (χ3v) is 8.35. The number of carboxylic acid groups (broad SMARTS) is 1. The molecule has 0 unspecified atom stereocenters. The third-order valence-electron chi connectivity index (χ3n) is 8.35. The lowest BCUT2D eigenvalue weighted by molar-refractivity contribution is -0.117. The third kappa shape index (κ3) is 5.55. The van der Waals surface area contributed by atoms with Crippen molar-refractivity contribution in [2.24, 2.45) is 5.92 Å². The van der Waals surface area contributed by atoms with Crippen LogP contribution in [0, 0.1) is 5.92 Å². The van der Waals surface area contributed by atoms with Crippen molar-refractivity contribution in [1.29, 1.82) is 0 Å². The summed E-state index contributed by atoms with van der Waals surface area (Å²) >= 11 is 0. The number of pyridine rings is 3. The van der Waals surface area contributed by atoms with Crippen molar-refractivity contribution < 1.29 is 19.4 Å². The fourth-order valence-electron chi connectivity index (χ4n) is 5.82. The molecule has 0 bridgehead atoms. The lowest BCUT2D eigenvalue weighted by atomic mass is 9.96. The highest BCUT2D eigenvalue weighted by atomic mass is 16.5. The Bertz CT molecular complexity index is 1930. The first-order valence-electron chi connectivity index (χ1n) is 14.8. The Morgan fingerprint density at radius 3 is 2.56 bits per heavy atom. The summed E-state index contributed by atoms with van der Waals surface area (Å²) in [5.74, 6) is 0.933. The highest BCUT2D eigenvalue weighted by Crippen LogP contribution is 2.42. The molecule has 2 aliphatic rings. The number of hydrogen-bond acceptors (Lipinski definition) is 9. The Labute approximate surface area is 259 Å². The molecule has 0 atom stereocenters. The van der Waals surface area contributed by atoms with Crippen molar-refractivity contribution in [3.05, 3.63) is 78.6 Å². The zero-order valence-electron chi connectivity index (χ0n) is 24.9. The molecule has 0 spiro atoms. The normalized spacial score (nSPS) is 15.1. The molecule has 0 radical (unpaired) electrons. The van der Waals surface area contributed by atoms with Gasteiger partial charge < -0.3 is 20.5 Å². The Morgan fingerprint density at radius 2 is 1.80 bits per heavy atom. The van der Waals surface area contributed by atoms with E-state index in [2.05, 4.69) is 35.6 Å². The van der Waals surface area contributed by atoms with Gasteiger partial charge in [0.1, 0.15) is 23.1 Å². The van der Waals surface area contributed by atoms with Crippen LogP contribution in [0.5, 0.6) is 5.75 Å². The Balaban J connectivity index is 1.15. The van der Waals surface area contributed by atoms with Crippen LogP contribution in [-0.2, 0) is 11.3 Å². The molecule has 1 saturated heterocycles. The molecule has 1 aliphatic carbocycles. The second-order valence-electron chi connectivity index (χ2n) is 11.4. The zero-order valence-corrected chi connectivity index (χ0v) is 24.9. The van der Waals surface area contributed by atoms with Crippen LogP contribution in [0.3, 0.4) is 0 Å². The average Bonchev–Trinajstić information content (AvgIpc) is 3.79. The number of nitrogens with one attached hydrogen (secondary N) is 2. The van der Waals surface area contributed by atoms with Gasteiger partial charge in [-0.05, 0) is 31.0 Å². The number of aromatic carboxylic acids is 1. The van der Waals surface area contributed by atoms with Crippen molar-refractivity contribution in [2.75, 3.05) is 37.9 Å². The number of aromatic nitrogens is 5. The van der Waals surface area contributed by atoms with Crippen molar-refractivity contribution in [3.63, 3.8) is 0 Å². The number of para-hydroxylation sites is 1. The first kappa shape index (κ1) is 28.4. The van der Waals surface area contributed by atoms with Gasteiger partial charge >= 0.3 is 5.97 Å². The summed E-state index contributed by atoms with van der Waals surface area (Å²) in [5, 5.41) is 21.7. The maximum atomic E-state index is 12.5. The topological polar surface area (TPSA) is 147 Å². The van der Waals surface area contributed by atoms with Gasteiger partial charge in [0.05, 0.1) is 25.0 Å². The number of nitrogens with zero attached hydrogens (tertiary/aromatic N) is 6. The summed E-state index contributed by atoms with van der Waals surface area (Å²) in [4.78, 5) is 39.3. The van der Waals surface area contributed by atoms with Gasteiger partial charge in [0.25, 0.3) is 0 Å². The maximum absolute atomic E-state index is 12.5. The second kappa shape index (κ2) is 11.6. The SMILES string of the molecule is CNc1ncc(-c2cccc(-c3cnn(C4CN(Cc5cccc(C(=O)O)n5)C4)c3)c2OC)c2cc(NC(=O)C3CC3)ncc12. The van der Waals surface area contributed by atoms with Crippen LogP contribution in [0.25, 0.3) is 33.0 Å². The summed E-state index contributed by atoms with van der Waals surface area (Å²) in [6, 6.07) is 13.2. The van der Waals surface area contributed by atoms with Gasteiger partial charge in [-0.2, -0.15) is 5.10 Å². The molecule has 1 amide bonds. The smallest absolute Gasteiger partial charge is 0.354 e. The average molecular weight is 605 g/mol. The number of amides is 1. The van der Waals surface area contributed by atoms with E-state index in [4.69, 9.17) is 4.74 Å². The standard InChI is InChI=1S/C33H32N8O4/c1-34-31-27-14-35-29(39-32(42)19-9-10-19)11-25(27)26(13-36-31)24-7-4-6-23(30(24)45-2)20-12-37-41(15-20)22-17-40(18-22)16-21-5-3-8-28(38-21)33(43)44/h3-8,11-15,19,22H,9-10,16-18H2,1-2H3,(H,34,36)(H,43,44)(H,35,39,42). The van der Waals surface area contributed by atoms with E-state index in [-0.39, 0.29) is 23.6 Å². The lowest BCUT2D eigenvalue weighted by Gasteiger charge is -2.39. The molecule has 2 fully saturated rings. The number of carbonyl (C=O) groups excluding carboxylic acids is 1. The number of anilines is 2. The molecule has 1 aliphatic heterocycles. The summed E-state index contributed by atoms with van der Waals surface area (Å²) in [6.45, 7) is 2.14. The van der Waals surface area contributed by atoms with Crippen LogP contribution in [0.15, 0.2) is 67.3 Å². The number of fused-ring (bicyclic) bond motifs is 1. The molecule has 7 rings (SSSR count). The first-order chi connectivity index (χ1) is 21.9. The van der Waals surface area contributed by atoms with Gasteiger partial charge in [0.15, 0.2) is 0 Å². The molecule has 12 nitrogen and oxygen atoms in total. The van der Waals surface area contributed by atoms with Gasteiger partial charge in [0, 0.05) is 84.2 Å². The Hall–Kier alpha value is -5.36. The fraction of sp³-hybridized carbons (Fsp3) is 0.273. The minimum absolute atomic E-state index is 0.00141. The molecule has 1 saturated carbocycles. The van der Waals surface area contributed by atoms with Crippen molar-refractivity contribution in [2.45, 2.75) is 25.4 Å². The Morgan fingerprint density at radius 1 is 1.00 bits per heavy atom. The number of hydrogen-bond donors (Lipinski definition) is 3. The minimum Gasteiger partial charge on any atom is -0.495 e. The maximum Gasteiger partial charge on any atom is 0.354 e. The predicted octanol–water partition coefficient (Wildman–Crippen LogP) is 4.71. The lowest BCUT2D eigenvalue weighted by Crippen LogP contribution is -2.47. The Kier molecular flexibility index (Phi) is 7.34. The van der Waals surface area contributed by atoms with Gasteiger partial charge in [-0.1, -0.05) is 24.3 Å². The summed E-state index contributed by atoms with van der Waals surface area (Å²) in [5.41, 5.74) is 4.32. The molecular weight excluding hydrogens is 572 g/mol. The van der Waals surface area contributed by atoms with E-state index in [9.17, 15) is 14.7 Å². The molecule has 3 N–H and O–H groups in total. The van der Waals surface area contributed by atoms with Crippen LogP contribution < -0.4 is 15.4 Å². The van der Waals surface area contributed by atoms with Crippen molar-refractivity contribution in [3.8, 4) is 28.0 Å². The number of benzene rings is 1. The highest BCUT2D eigenvalue weighted by Gasteiger charge is 2.31. The van der Waals surface area contributed by atoms with Gasteiger partial charge in [-0.25, -0.2) is 19.7 Å². The molecule has 4 aromatic heterocycles. The molecule has 1 aromatic carbocycles. The molecule has 228 valence electrons. The minimum atomic E-state index is -1.03. The second-order valence-corrected chi connectivity index (χ2v) is 11.4. The van der Waals surface area contributed by atoms with Crippen LogP contribution in [0.1, 0.15) is 35.1 Å². The largest absolute Gasteiger partial charge is 0.495 e. The van der Waals surface area contributed by atoms with E-state index in [1.165, 1.54) is 6.07 Å². The van der Waals surface area contributed by atoms with Crippen LogP contribution in [-0.4, -0.2) is 73.9 Å². The van der Waals surface area contributed by atoms with Crippen LogP contribution >= 0.6 is 0 Å². The summed E-state index contributed by atoms with van der Waals surface area (Å²) in [7, 11) is 3.47. The fourth-order valence-corrected chi connectivity index (χ4v) is 5.82. The molecule has 12 heteroatoms. The van der Waals surface area contributed by atoms with Gasteiger partial charge in [-0.3, -0.25) is 14.4 Å². The number of rotatable bonds is 10. The van der Waals surface area contributed by atoms with Crippen molar-refractivity contribution in [1.82, 2.24) is 29.6 Å². The number of methoxy groups -OCH3 is 1. The number of ether oxygens (including phenoxy) is 1. The van der Waals surface area contributed by atoms with E-state index in [0.717, 1.165) is 64.7 Å². The summed E-state index contributed by atoms with van der Waals surface area (Å²) < 4.78 is 7.99.